The highest BCUT2D eigenvalue weighted by Crippen LogP contribution is 2.23. The number of aromatic amines is 1. The Morgan fingerprint density at radius 3 is 2.83 bits per heavy atom. The second-order valence-corrected chi connectivity index (χ2v) is 4.79. The van der Waals surface area contributed by atoms with Crippen LogP contribution in [0.2, 0.25) is 0 Å². The monoisotopic (exact) mass is 251 g/mol. The van der Waals surface area contributed by atoms with Gasteiger partial charge in [-0.15, -0.1) is 0 Å². The molecule has 0 radical (unpaired) electrons. The average molecular weight is 251 g/mol. The van der Waals surface area contributed by atoms with Crippen LogP contribution < -0.4 is 5.73 Å². The minimum atomic E-state index is -0.0240. The van der Waals surface area contributed by atoms with E-state index in [9.17, 15) is 4.79 Å². The van der Waals surface area contributed by atoms with Crippen molar-refractivity contribution >= 4 is 5.91 Å². The fourth-order valence-electron chi connectivity index (χ4n) is 2.56. The number of carbonyl (C=O) groups excluding carboxylic acids is 1. The van der Waals surface area contributed by atoms with Crippen molar-refractivity contribution < 1.29 is 4.79 Å². The van der Waals surface area contributed by atoms with Crippen molar-refractivity contribution in [3.63, 3.8) is 0 Å². The summed E-state index contributed by atoms with van der Waals surface area (Å²) >= 11 is 0. The molecule has 0 spiro atoms. The van der Waals surface area contributed by atoms with Crippen molar-refractivity contribution in [1.82, 2.24) is 20.3 Å². The van der Waals surface area contributed by atoms with E-state index >= 15 is 0 Å². The molecule has 0 atom stereocenters. The van der Waals surface area contributed by atoms with E-state index in [1.807, 2.05) is 4.90 Å². The largest absolute Gasteiger partial charge is 0.334 e. The predicted molar refractivity (Wildman–Crippen MR) is 68.0 cm³/mol. The summed E-state index contributed by atoms with van der Waals surface area (Å²) in [6, 6.07) is 0.342. The van der Waals surface area contributed by atoms with Gasteiger partial charge in [-0.2, -0.15) is 15.4 Å². The zero-order valence-electron chi connectivity index (χ0n) is 10.6. The van der Waals surface area contributed by atoms with Gasteiger partial charge in [0, 0.05) is 12.6 Å². The fourth-order valence-corrected chi connectivity index (χ4v) is 2.56. The number of hydrogen-bond donors (Lipinski definition) is 2. The second kappa shape index (κ2) is 6.49. The number of aromatic nitrogens is 3. The molecule has 6 heteroatoms. The van der Waals surface area contributed by atoms with Gasteiger partial charge in [-0.1, -0.05) is 19.3 Å². The molecule has 6 nitrogen and oxygen atoms in total. The maximum Gasteiger partial charge on any atom is 0.276 e. The molecule has 0 saturated heterocycles. The van der Waals surface area contributed by atoms with Crippen molar-refractivity contribution in [3.8, 4) is 0 Å². The van der Waals surface area contributed by atoms with Crippen LogP contribution in [-0.2, 0) is 0 Å². The zero-order valence-corrected chi connectivity index (χ0v) is 10.6. The number of amides is 1. The zero-order chi connectivity index (χ0) is 12.8. The molecule has 1 fully saturated rings. The molecule has 2 rings (SSSR count). The molecule has 0 unspecified atom stereocenters. The van der Waals surface area contributed by atoms with Gasteiger partial charge in [-0.25, -0.2) is 0 Å². The molecule has 0 aromatic carbocycles. The van der Waals surface area contributed by atoms with Gasteiger partial charge in [0.1, 0.15) is 0 Å². The first-order chi connectivity index (χ1) is 8.83. The predicted octanol–water partition coefficient (Wildman–Crippen LogP) is 0.928. The molecule has 1 aliphatic rings. The molecule has 1 saturated carbocycles. The average Bonchev–Trinajstić information content (AvgIpc) is 2.94. The Morgan fingerprint density at radius 2 is 2.22 bits per heavy atom. The Labute approximate surface area is 107 Å². The first-order valence-corrected chi connectivity index (χ1v) is 6.69. The van der Waals surface area contributed by atoms with Gasteiger partial charge in [0.15, 0.2) is 5.69 Å². The van der Waals surface area contributed by atoms with Crippen LogP contribution in [0.4, 0.5) is 0 Å². The number of nitrogens with zero attached hydrogens (tertiary/aromatic N) is 3. The lowest BCUT2D eigenvalue weighted by Gasteiger charge is -2.33. The lowest BCUT2D eigenvalue weighted by atomic mass is 9.94. The summed E-state index contributed by atoms with van der Waals surface area (Å²) in [6.45, 7) is 1.32. The Bertz CT molecular complexity index is 359. The molecule has 0 aliphatic heterocycles. The number of nitrogens with two attached hydrogens (primary N) is 1. The van der Waals surface area contributed by atoms with E-state index in [0.717, 1.165) is 19.3 Å². The van der Waals surface area contributed by atoms with Gasteiger partial charge >= 0.3 is 0 Å². The molecular formula is C12H21N5O. The van der Waals surface area contributed by atoms with Gasteiger partial charge in [0.2, 0.25) is 0 Å². The molecule has 18 heavy (non-hydrogen) atoms. The van der Waals surface area contributed by atoms with Crippen LogP contribution in [0.3, 0.4) is 0 Å². The summed E-state index contributed by atoms with van der Waals surface area (Å²) in [4.78, 5) is 14.3. The summed E-state index contributed by atoms with van der Waals surface area (Å²) in [7, 11) is 0. The van der Waals surface area contributed by atoms with Crippen LogP contribution in [0.1, 0.15) is 49.0 Å². The van der Waals surface area contributed by atoms with Crippen LogP contribution in [0.15, 0.2) is 6.20 Å². The molecule has 1 heterocycles. The van der Waals surface area contributed by atoms with Crippen LogP contribution in [0.5, 0.6) is 0 Å². The minimum Gasteiger partial charge on any atom is -0.334 e. The number of rotatable bonds is 5. The van der Waals surface area contributed by atoms with Crippen molar-refractivity contribution in [2.24, 2.45) is 5.73 Å². The van der Waals surface area contributed by atoms with Crippen molar-refractivity contribution in [2.75, 3.05) is 13.1 Å². The normalized spacial score (nSPS) is 16.7. The first-order valence-electron chi connectivity index (χ1n) is 6.69. The second-order valence-electron chi connectivity index (χ2n) is 4.79. The van der Waals surface area contributed by atoms with E-state index in [1.54, 1.807) is 0 Å². The Hall–Kier alpha value is -1.43. The number of nitrogens with one attached hydrogen (secondary N) is 1. The topological polar surface area (TPSA) is 87.9 Å². The first kappa shape index (κ1) is 13.0. The Morgan fingerprint density at radius 1 is 1.44 bits per heavy atom. The van der Waals surface area contributed by atoms with E-state index in [0.29, 0.717) is 24.8 Å². The van der Waals surface area contributed by atoms with Crippen molar-refractivity contribution in [1.29, 1.82) is 0 Å². The van der Waals surface area contributed by atoms with E-state index in [4.69, 9.17) is 5.73 Å². The molecule has 1 amide bonds. The number of carbonyl (C=O) groups is 1. The van der Waals surface area contributed by atoms with E-state index in [1.165, 1.54) is 25.5 Å². The molecule has 0 bridgehead atoms. The maximum atomic E-state index is 12.4. The van der Waals surface area contributed by atoms with Crippen LogP contribution in [0, 0.1) is 0 Å². The Balaban J connectivity index is 2.05. The quantitative estimate of drug-likeness (QED) is 0.814. The summed E-state index contributed by atoms with van der Waals surface area (Å²) < 4.78 is 0. The Kier molecular flexibility index (Phi) is 4.69. The van der Waals surface area contributed by atoms with Gasteiger partial charge in [0.05, 0.1) is 6.20 Å². The third kappa shape index (κ3) is 3.07. The molecule has 1 aromatic heterocycles. The molecule has 3 N–H and O–H groups in total. The van der Waals surface area contributed by atoms with E-state index in [2.05, 4.69) is 15.4 Å². The molecule has 100 valence electrons. The number of H-pyrrole nitrogens is 1. The minimum absolute atomic E-state index is 0.0240. The highest BCUT2D eigenvalue weighted by molar-refractivity contribution is 5.92. The van der Waals surface area contributed by atoms with Gasteiger partial charge < -0.3 is 10.6 Å². The maximum absolute atomic E-state index is 12.4. The lowest BCUT2D eigenvalue weighted by Crippen LogP contribution is -2.42. The highest BCUT2D eigenvalue weighted by atomic mass is 16.2. The smallest absolute Gasteiger partial charge is 0.276 e. The summed E-state index contributed by atoms with van der Waals surface area (Å²) in [5.74, 6) is -0.0240. The molecule has 1 aromatic rings. The van der Waals surface area contributed by atoms with Crippen LogP contribution in [0.25, 0.3) is 0 Å². The number of hydrogen-bond acceptors (Lipinski definition) is 4. The SMILES string of the molecule is NCCCN(C(=O)c1cn[nH]n1)C1CCCCC1. The van der Waals surface area contributed by atoms with Crippen molar-refractivity contribution in [3.05, 3.63) is 11.9 Å². The van der Waals surface area contributed by atoms with Crippen molar-refractivity contribution in [2.45, 2.75) is 44.6 Å². The van der Waals surface area contributed by atoms with E-state index in [-0.39, 0.29) is 5.91 Å². The molecular weight excluding hydrogens is 230 g/mol. The van der Waals surface area contributed by atoms with Gasteiger partial charge in [0.25, 0.3) is 5.91 Å². The standard InChI is InChI=1S/C12H21N5O/c13-7-4-8-17(10-5-2-1-3-6-10)12(18)11-9-14-16-15-11/h9-10H,1-8,13H2,(H,14,15,16). The van der Waals surface area contributed by atoms with Gasteiger partial charge in [-0.05, 0) is 25.8 Å². The molecule has 1 aliphatic carbocycles. The third-order valence-corrected chi connectivity index (χ3v) is 3.51. The van der Waals surface area contributed by atoms with Crippen LogP contribution >= 0.6 is 0 Å². The van der Waals surface area contributed by atoms with Gasteiger partial charge in [-0.3, -0.25) is 4.79 Å². The highest BCUT2D eigenvalue weighted by Gasteiger charge is 2.26. The summed E-state index contributed by atoms with van der Waals surface area (Å²) in [5.41, 5.74) is 5.95. The van der Waals surface area contributed by atoms with Crippen LogP contribution in [-0.4, -0.2) is 45.3 Å². The summed E-state index contributed by atoms with van der Waals surface area (Å²) in [5, 5.41) is 10.1. The summed E-state index contributed by atoms with van der Waals surface area (Å²) in [6.07, 6.45) is 8.19. The van der Waals surface area contributed by atoms with E-state index < -0.39 is 0 Å². The third-order valence-electron chi connectivity index (χ3n) is 3.51. The lowest BCUT2D eigenvalue weighted by molar-refractivity contribution is 0.0626. The fraction of sp³-hybridized carbons (Fsp3) is 0.750.